The maximum Gasteiger partial charge on any atom is 0.353 e. The van der Waals surface area contributed by atoms with Crippen LogP contribution >= 0.6 is 11.3 Å². The van der Waals surface area contributed by atoms with Crippen molar-refractivity contribution >= 4 is 29.5 Å². The molecule has 7 heteroatoms. The molecule has 0 saturated heterocycles. The highest BCUT2D eigenvalue weighted by atomic mass is 32.1. The van der Waals surface area contributed by atoms with Crippen LogP contribution < -0.4 is 10.5 Å². The van der Waals surface area contributed by atoms with E-state index in [1.54, 1.807) is 36.7 Å². The molecule has 0 radical (unpaired) electrons. The first-order valence-corrected chi connectivity index (χ1v) is 7.71. The first-order valence-electron chi connectivity index (χ1n) is 6.83. The van der Waals surface area contributed by atoms with Gasteiger partial charge < -0.3 is 10.5 Å². The van der Waals surface area contributed by atoms with Gasteiger partial charge in [0.2, 0.25) is 5.95 Å². The summed E-state index contributed by atoms with van der Waals surface area (Å²) in [5.74, 6) is 0.407. The van der Waals surface area contributed by atoms with E-state index in [1.165, 1.54) is 16.0 Å². The summed E-state index contributed by atoms with van der Waals surface area (Å²) in [6.07, 6.45) is 3.35. The molecule has 2 N–H and O–H groups in total. The Morgan fingerprint density at radius 2 is 2.26 bits per heavy atom. The number of nitrogens with two attached hydrogens (primary N) is 1. The first kappa shape index (κ1) is 15.0. The number of esters is 1. The Bertz CT molecular complexity index is 853. The number of hydrogen-bond donors (Lipinski definition) is 1. The maximum atomic E-state index is 11.9. The van der Waals surface area contributed by atoms with Gasteiger partial charge in [0.25, 0.3) is 0 Å². The molecule has 0 bridgehead atoms. The van der Waals surface area contributed by atoms with Crippen LogP contribution in [-0.2, 0) is 0 Å². The average molecular weight is 326 g/mol. The predicted octanol–water partition coefficient (Wildman–Crippen LogP) is 2.94. The van der Waals surface area contributed by atoms with E-state index in [-0.39, 0.29) is 5.97 Å². The lowest BCUT2D eigenvalue weighted by atomic mass is 10.2. The Labute approximate surface area is 136 Å². The number of aryl methyl sites for hydroxylation is 1. The lowest BCUT2D eigenvalue weighted by Crippen LogP contribution is -2.06. The first-order chi connectivity index (χ1) is 11.1. The van der Waals surface area contributed by atoms with Gasteiger partial charge in [-0.2, -0.15) is 5.10 Å². The van der Waals surface area contributed by atoms with Crippen LogP contribution in [-0.4, -0.2) is 21.8 Å². The van der Waals surface area contributed by atoms with Gasteiger partial charge >= 0.3 is 5.97 Å². The summed E-state index contributed by atoms with van der Waals surface area (Å²) in [5, 5.41) is 6.06. The van der Waals surface area contributed by atoms with Crippen LogP contribution in [0, 0.1) is 6.92 Å². The molecule has 2 aromatic heterocycles. The van der Waals surface area contributed by atoms with Gasteiger partial charge in [-0.1, -0.05) is 18.2 Å². The van der Waals surface area contributed by atoms with Crippen molar-refractivity contribution in [1.29, 1.82) is 0 Å². The van der Waals surface area contributed by atoms with Crippen molar-refractivity contribution < 1.29 is 9.53 Å². The molecule has 23 heavy (non-hydrogen) atoms. The highest BCUT2D eigenvalue weighted by molar-refractivity contribution is 7.12. The lowest BCUT2D eigenvalue weighted by Gasteiger charge is -2.03. The largest absolute Gasteiger partial charge is 0.422 e. The number of anilines is 1. The molecule has 3 rings (SSSR count). The molecule has 0 aliphatic rings. The second kappa shape index (κ2) is 6.45. The van der Waals surface area contributed by atoms with Crippen LogP contribution in [0.3, 0.4) is 0 Å². The summed E-state index contributed by atoms with van der Waals surface area (Å²) in [6.45, 7) is 1.84. The molecule has 0 amide bonds. The number of hydrogen-bond acceptors (Lipinski definition) is 6. The molecule has 0 aliphatic heterocycles. The van der Waals surface area contributed by atoms with E-state index in [0.717, 1.165) is 11.3 Å². The van der Waals surface area contributed by atoms with Gasteiger partial charge in [-0.15, -0.1) is 11.3 Å². The van der Waals surface area contributed by atoms with Crippen LogP contribution in [0.1, 0.15) is 20.9 Å². The molecule has 0 unspecified atom stereocenters. The number of rotatable bonds is 4. The van der Waals surface area contributed by atoms with Gasteiger partial charge in [0, 0.05) is 0 Å². The van der Waals surface area contributed by atoms with E-state index < -0.39 is 0 Å². The van der Waals surface area contributed by atoms with E-state index in [4.69, 9.17) is 10.5 Å². The fourth-order valence-corrected chi connectivity index (χ4v) is 2.53. The van der Waals surface area contributed by atoms with E-state index >= 15 is 0 Å². The van der Waals surface area contributed by atoms with Gasteiger partial charge in [0.05, 0.1) is 18.1 Å². The summed E-state index contributed by atoms with van der Waals surface area (Å²) in [6, 6.07) is 10.6. The monoisotopic (exact) mass is 326 g/mol. The predicted molar refractivity (Wildman–Crippen MR) is 90.1 cm³/mol. The minimum atomic E-state index is -0.372. The quantitative estimate of drug-likeness (QED) is 0.454. The van der Waals surface area contributed by atoms with Gasteiger partial charge in [0.15, 0.2) is 0 Å². The minimum Gasteiger partial charge on any atom is -0.422 e. The summed E-state index contributed by atoms with van der Waals surface area (Å²) in [4.78, 5) is 16.6. The van der Waals surface area contributed by atoms with E-state index in [2.05, 4.69) is 10.1 Å². The zero-order valence-corrected chi connectivity index (χ0v) is 13.2. The molecule has 0 atom stereocenters. The number of aromatic nitrogens is 2. The van der Waals surface area contributed by atoms with Crippen LogP contribution in [0.15, 0.2) is 53.1 Å². The normalized spacial score (nSPS) is 11.0. The fraction of sp³-hybridized carbons (Fsp3) is 0.0625. The van der Waals surface area contributed by atoms with Crippen molar-refractivity contribution in [2.75, 3.05) is 5.73 Å². The lowest BCUT2D eigenvalue weighted by molar-refractivity contribution is 0.0740. The van der Waals surface area contributed by atoms with Crippen LogP contribution in [0.2, 0.25) is 0 Å². The Hall–Kier alpha value is -2.93. The van der Waals surface area contributed by atoms with E-state index in [9.17, 15) is 4.79 Å². The zero-order chi connectivity index (χ0) is 16.2. The molecule has 3 aromatic rings. The van der Waals surface area contributed by atoms with Crippen molar-refractivity contribution in [3.05, 3.63) is 64.1 Å². The molecule has 2 heterocycles. The number of imidazole rings is 1. The second-order valence-corrected chi connectivity index (χ2v) is 5.72. The summed E-state index contributed by atoms with van der Waals surface area (Å²) in [5.41, 5.74) is 7.30. The van der Waals surface area contributed by atoms with E-state index in [0.29, 0.717) is 16.6 Å². The van der Waals surface area contributed by atoms with Crippen molar-refractivity contribution in [1.82, 2.24) is 9.66 Å². The second-order valence-electron chi connectivity index (χ2n) is 4.77. The number of nitrogens with zero attached hydrogens (tertiary/aromatic N) is 3. The molecule has 0 aliphatic carbocycles. The summed E-state index contributed by atoms with van der Waals surface area (Å²) in [7, 11) is 0. The molecule has 1 aromatic carbocycles. The highest BCUT2D eigenvalue weighted by Gasteiger charge is 2.09. The SMILES string of the molecule is Cc1cn(N=Cc2cccc(OC(=O)c3cccs3)c2)c(N)n1. The van der Waals surface area contributed by atoms with Gasteiger partial charge in [-0.05, 0) is 36.1 Å². The average Bonchev–Trinajstić information content (AvgIpc) is 3.15. The van der Waals surface area contributed by atoms with Crippen LogP contribution in [0.4, 0.5) is 5.95 Å². The Morgan fingerprint density at radius 3 is 2.96 bits per heavy atom. The summed E-state index contributed by atoms with van der Waals surface area (Å²) < 4.78 is 6.83. The topological polar surface area (TPSA) is 82.5 Å². The number of carbonyl (C=O) groups is 1. The van der Waals surface area contributed by atoms with E-state index in [1.807, 2.05) is 24.4 Å². The highest BCUT2D eigenvalue weighted by Crippen LogP contribution is 2.16. The van der Waals surface area contributed by atoms with Crippen molar-refractivity contribution in [3.8, 4) is 5.75 Å². The minimum absolute atomic E-state index is 0.319. The van der Waals surface area contributed by atoms with Crippen molar-refractivity contribution in [2.45, 2.75) is 6.92 Å². The molecule has 116 valence electrons. The molecule has 0 spiro atoms. The summed E-state index contributed by atoms with van der Waals surface area (Å²) >= 11 is 1.34. The molecular formula is C16H14N4O2S. The Balaban J connectivity index is 1.75. The molecule has 6 nitrogen and oxygen atoms in total. The Kier molecular flexibility index (Phi) is 4.20. The number of carbonyl (C=O) groups excluding carboxylic acids is 1. The smallest absolute Gasteiger partial charge is 0.353 e. The molecule has 0 saturated carbocycles. The number of nitrogen functional groups attached to an aromatic ring is 1. The van der Waals surface area contributed by atoms with Crippen LogP contribution in [0.5, 0.6) is 5.75 Å². The third-order valence-corrected chi connectivity index (χ3v) is 3.81. The maximum absolute atomic E-state index is 11.9. The Morgan fingerprint density at radius 1 is 1.39 bits per heavy atom. The standard InChI is InChI=1S/C16H14N4O2S/c1-11-10-20(16(17)19-11)18-9-12-4-2-5-13(8-12)22-15(21)14-6-3-7-23-14/h2-10H,1H3,(H2,17,19). The number of ether oxygens (including phenoxy) is 1. The zero-order valence-electron chi connectivity index (χ0n) is 12.3. The number of thiophene rings is 1. The van der Waals surface area contributed by atoms with Crippen LogP contribution in [0.25, 0.3) is 0 Å². The van der Waals surface area contributed by atoms with Crippen molar-refractivity contribution in [2.24, 2.45) is 5.10 Å². The van der Waals surface area contributed by atoms with Gasteiger partial charge in [-0.25, -0.2) is 14.5 Å². The number of benzene rings is 1. The van der Waals surface area contributed by atoms with Gasteiger partial charge in [-0.3, -0.25) is 0 Å². The third kappa shape index (κ3) is 3.64. The molecular weight excluding hydrogens is 312 g/mol. The third-order valence-electron chi connectivity index (χ3n) is 2.96. The molecule has 0 fully saturated rings. The fourth-order valence-electron chi connectivity index (χ4n) is 1.94. The van der Waals surface area contributed by atoms with Crippen molar-refractivity contribution in [3.63, 3.8) is 0 Å². The van der Waals surface area contributed by atoms with Gasteiger partial charge in [0.1, 0.15) is 10.6 Å².